The average molecular weight is 312 g/mol. The normalized spacial score (nSPS) is 11.5. The monoisotopic (exact) mass is 312 g/mol. The van der Waals surface area contributed by atoms with Crippen molar-refractivity contribution in [3.05, 3.63) is 46.3 Å². The maximum atomic E-state index is 12.9. The summed E-state index contributed by atoms with van der Waals surface area (Å²) in [5.74, 6) is -0.204. The van der Waals surface area contributed by atoms with Gasteiger partial charge in [0.25, 0.3) is 5.91 Å². The zero-order valence-corrected chi connectivity index (χ0v) is 12.3. The molecule has 0 unspecified atom stereocenters. The fourth-order valence-electron chi connectivity index (χ4n) is 2.15. The predicted octanol–water partition coefficient (Wildman–Crippen LogP) is 4.12. The number of rotatable bonds is 3. The molecule has 1 heterocycles. The Morgan fingerprint density at radius 1 is 1.32 bits per heavy atom. The Labute approximate surface area is 125 Å². The van der Waals surface area contributed by atoms with Crippen LogP contribution in [0.4, 0.5) is 18.9 Å². The van der Waals surface area contributed by atoms with Crippen LogP contribution < -0.4 is 5.32 Å². The molecular weight excluding hydrogens is 297 g/mol. The first kappa shape index (κ1) is 16.1. The maximum absolute atomic E-state index is 12.9. The van der Waals surface area contributed by atoms with Gasteiger partial charge in [-0.05, 0) is 38.0 Å². The molecule has 0 fully saturated rings. The van der Waals surface area contributed by atoms with Crippen LogP contribution in [0, 0.1) is 13.8 Å². The molecule has 2 aromatic rings. The Morgan fingerprint density at radius 2 is 2.00 bits per heavy atom. The number of amides is 1. The molecule has 0 radical (unpaired) electrons. The van der Waals surface area contributed by atoms with E-state index in [1.807, 2.05) is 6.92 Å². The number of aromatic nitrogens is 1. The van der Waals surface area contributed by atoms with Crippen LogP contribution in [0.25, 0.3) is 0 Å². The van der Waals surface area contributed by atoms with E-state index in [0.29, 0.717) is 17.9 Å². The first-order chi connectivity index (χ1) is 10.2. The highest BCUT2D eigenvalue weighted by atomic mass is 19.4. The summed E-state index contributed by atoms with van der Waals surface area (Å²) in [7, 11) is 0. The largest absolute Gasteiger partial charge is 0.416 e. The fourth-order valence-corrected chi connectivity index (χ4v) is 2.15. The molecule has 22 heavy (non-hydrogen) atoms. The van der Waals surface area contributed by atoms with Crippen molar-refractivity contribution >= 4 is 11.6 Å². The van der Waals surface area contributed by atoms with Gasteiger partial charge in [0.2, 0.25) is 0 Å². The topological polar surface area (TPSA) is 55.1 Å². The third-order valence-electron chi connectivity index (χ3n) is 3.30. The van der Waals surface area contributed by atoms with E-state index in [-0.39, 0.29) is 16.8 Å². The lowest BCUT2D eigenvalue weighted by molar-refractivity contribution is -0.138. The predicted molar refractivity (Wildman–Crippen MR) is 74.8 cm³/mol. The smallest absolute Gasteiger partial charge is 0.361 e. The van der Waals surface area contributed by atoms with Crippen molar-refractivity contribution in [2.75, 3.05) is 5.32 Å². The van der Waals surface area contributed by atoms with Gasteiger partial charge < -0.3 is 9.84 Å². The molecule has 0 aliphatic heterocycles. The molecule has 0 atom stereocenters. The summed E-state index contributed by atoms with van der Waals surface area (Å²) >= 11 is 0. The molecule has 4 nitrogen and oxygen atoms in total. The molecule has 2 rings (SSSR count). The van der Waals surface area contributed by atoms with E-state index >= 15 is 0 Å². The number of hydrogen-bond donors (Lipinski definition) is 1. The van der Waals surface area contributed by atoms with Crippen LogP contribution in [0.2, 0.25) is 0 Å². The summed E-state index contributed by atoms with van der Waals surface area (Å²) < 4.78 is 43.6. The summed E-state index contributed by atoms with van der Waals surface area (Å²) in [5.41, 5.74) is 0.129. The van der Waals surface area contributed by atoms with E-state index in [0.717, 1.165) is 6.07 Å². The minimum absolute atomic E-state index is 0.0746. The van der Waals surface area contributed by atoms with E-state index < -0.39 is 17.6 Å². The number of carbonyl (C=O) groups excluding carboxylic acids is 1. The van der Waals surface area contributed by atoms with Crippen molar-refractivity contribution < 1.29 is 22.5 Å². The lowest BCUT2D eigenvalue weighted by atomic mass is 10.1. The number of nitrogens with zero attached hydrogens (tertiary/aromatic N) is 1. The second-order valence-corrected chi connectivity index (χ2v) is 4.90. The van der Waals surface area contributed by atoms with Crippen molar-refractivity contribution in [2.45, 2.75) is 33.4 Å². The summed E-state index contributed by atoms with van der Waals surface area (Å²) in [5, 5.41) is 6.21. The molecule has 0 aliphatic carbocycles. The molecule has 0 saturated carbocycles. The highest BCUT2D eigenvalue weighted by Crippen LogP contribution is 2.33. The number of nitrogens with one attached hydrogen (secondary N) is 1. The van der Waals surface area contributed by atoms with Crippen LogP contribution >= 0.6 is 0 Å². The number of carbonyl (C=O) groups is 1. The molecule has 1 amide bonds. The third kappa shape index (κ3) is 3.13. The lowest BCUT2D eigenvalue weighted by Crippen LogP contribution is -2.15. The summed E-state index contributed by atoms with van der Waals surface area (Å²) in [6.07, 6.45) is -3.98. The van der Waals surface area contributed by atoms with Crippen LogP contribution in [0.15, 0.2) is 22.7 Å². The quantitative estimate of drug-likeness (QED) is 0.927. The first-order valence-electron chi connectivity index (χ1n) is 6.68. The highest BCUT2D eigenvalue weighted by Gasteiger charge is 2.32. The van der Waals surface area contributed by atoms with Crippen LogP contribution in [0.1, 0.15) is 39.9 Å². The van der Waals surface area contributed by atoms with Gasteiger partial charge in [-0.15, -0.1) is 0 Å². The molecule has 1 aromatic heterocycles. The maximum Gasteiger partial charge on any atom is 0.416 e. The van der Waals surface area contributed by atoms with E-state index in [4.69, 9.17) is 4.52 Å². The second kappa shape index (κ2) is 5.82. The van der Waals surface area contributed by atoms with Gasteiger partial charge in [-0.1, -0.05) is 18.1 Å². The number of aryl methyl sites for hydroxylation is 3. The standard InChI is InChI=1S/C15H15F3N2O2/c1-4-12-13(9(3)22-20-12)14(21)19-10-6-5-8(2)11(7-10)15(16,17)18/h5-7H,4H2,1-3H3,(H,19,21). The van der Waals surface area contributed by atoms with Gasteiger partial charge in [-0.25, -0.2) is 0 Å². The van der Waals surface area contributed by atoms with Crippen molar-refractivity contribution in [1.82, 2.24) is 5.16 Å². The SMILES string of the molecule is CCc1noc(C)c1C(=O)Nc1ccc(C)c(C(F)(F)F)c1. The van der Waals surface area contributed by atoms with Crippen LogP contribution in [0.5, 0.6) is 0 Å². The van der Waals surface area contributed by atoms with Crippen molar-refractivity contribution in [2.24, 2.45) is 0 Å². The Bertz CT molecular complexity index is 705. The van der Waals surface area contributed by atoms with Crippen LogP contribution in [-0.4, -0.2) is 11.1 Å². The Kier molecular flexibility index (Phi) is 4.25. The Hall–Kier alpha value is -2.31. The van der Waals surface area contributed by atoms with Gasteiger partial charge in [0, 0.05) is 5.69 Å². The molecule has 7 heteroatoms. The number of benzene rings is 1. The molecular formula is C15H15F3N2O2. The molecule has 1 aromatic carbocycles. The molecule has 0 bridgehead atoms. The van der Waals surface area contributed by atoms with Gasteiger partial charge in [0.1, 0.15) is 11.3 Å². The van der Waals surface area contributed by atoms with Crippen molar-refractivity contribution in [3.8, 4) is 0 Å². The lowest BCUT2D eigenvalue weighted by Gasteiger charge is -2.12. The number of anilines is 1. The average Bonchev–Trinajstić information content (AvgIpc) is 2.80. The highest BCUT2D eigenvalue weighted by molar-refractivity contribution is 6.05. The second-order valence-electron chi connectivity index (χ2n) is 4.90. The van der Waals surface area contributed by atoms with Crippen LogP contribution in [-0.2, 0) is 12.6 Å². The summed E-state index contributed by atoms with van der Waals surface area (Å²) in [4.78, 5) is 12.2. The molecule has 0 spiro atoms. The number of hydrogen-bond acceptors (Lipinski definition) is 3. The fraction of sp³-hybridized carbons (Fsp3) is 0.333. The number of halogens is 3. The van der Waals surface area contributed by atoms with Crippen molar-refractivity contribution in [1.29, 1.82) is 0 Å². The molecule has 0 aliphatic rings. The van der Waals surface area contributed by atoms with Gasteiger partial charge in [0.15, 0.2) is 0 Å². The van der Waals surface area contributed by atoms with E-state index in [1.54, 1.807) is 6.92 Å². The molecule has 118 valence electrons. The Balaban J connectivity index is 2.31. The van der Waals surface area contributed by atoms with Gasteiger partial charge in [-0.2, -0.15) is 13.2 Å². The molecule has 0 saturated heterocycles. The van der Waals surface area contributed by atoms with Gasteiger partial charge in [0.05, 0.1) is 11.3 Å². The van der Waals surface area contributed by atoms with E-state index in [2.05, 4.69) is 10.5 Å². The molecule has 1 N–H and O–H groups in total. The minimum atomic E-state index is -4.47. The van der Waals surface area contributed by atoms with E-state index in [1.165, 1.54) is 19.1 Å². The van der Waals surface area contributed by atoms with Gasteiger partial charge >= 0.3 is 6.18 Å². The van der Waals surface area contributed by atoms with Crippen LogP contribution in [0.3, 0.4) is 0 Å². The summed E-state index contributed by atoms with van der Waals surface area (Å²) in [6, 6.07) is 3.66. The number of alkyl halides is 3. The first-order valence-corrected chi connectivity index (χ1v) is 6.68. The van der Waals surface area contributed by atoms with Crippen molar-refractivity contribution in [3.63, 3.8) is 0 Å². The third-order valence-corrected chi connectivity index (χ3v) is 3.30. The van der Waals surface area contributed by atoms with Gasteiger partial charge in [-0.3, -0.25) is 4.79 Å². The zero-order chi connectivity index (χ0) is 16.5. The Morgan fingerprint density at radius 3 is 2.59 bits per heavy atom. The zero-order valence-electron chi connectivity index (χ0n) is 12.3. The minimum Gasteiger partial charge on any atom is -0.361 e. The summed E-state index contributed by atoms with van der Waals surface area (Å²) in [6.45, 7) is 4.76. The van der Waals surface area contributed by atoms with E-state index in [9.17, 15) is 18.0 Å².